The van der Waals surface area contributed by atoms with E-state index in [1.54, 1.807) is 0 Å². The molecule has 0 aliphatic carbocycles. The normalized spacial score (nSPS) is 16.0. The quantitative estimate of drug-likeness (QED) is 0.545. The zero-order chi connectivity index (χ0) is 6.97. The van der Waals surface area contributed by atoms with Gasteiger partial charge in [-0.25, -0.2) is 4.79 Å². The van der Waals surface area contributed by atoms with Crippen molar-refractivity contribution in [1.82, 2.24) is 4.98 Å². The maximum atomic E-state index is 10.6. The van der Waals surface area contributed by atoms with Crippen LogP contribution in [0.1, 0.15) is 12.2 Å². The van der Waals surface area contributed by atoms with Crippen molar-refractivity contribution in [1.29, 1.82) is 0 Å². The largest absolute Gasteiger partial charge is 0.418 e. The minimum Gasteiger partial charge on any atom is -0.411 e. The first-order chi connectivity index (χ1) is 4.86. The van der Waals surface area contributed by atoms with E-state index >= 15 is 0 Å². The minimum atomic E-state index is -0.362. The zero-order valence-electron chi connectivity index (χ0n) is 5.44. The lowest BCUT2D eigenvalue weighted by atomic mass is 10.2. The molecule has 2 N–H and O–H groups in total. The number of hydrogen-bond acceptors (Lipinski definition) is 3. The average Bonchev–Trinajstić information content (AvgIpc) is 2.27. The number of anilines is 1. The third-order valence-electron chi connectivity index (χ3n) is 1.60. The highest BCUT2D eigenvalue weighted by molar-refractivity contribution is 5.39. The van der Waals surface area contributed by atoms with Crippen LogP contribution in [0.5, 0.6) is 0 Å². The number of aryl methyl sites for hydroxylation is 1. The van der Waals surface area contributed by atoms with Crippen molar-refractivity contribution in [3.05, 3.63) is 16.3 Å². The highest BCUT2D eigenvalue weighted by Gasteiger charge is 2.12. The Morgan fingerprint density at radius 2 is 2.40 bits per heavy atom. The highest BCUT2D eigenvalue weighted by atomic mass is 16.4. The summed E-state index contributed by atoms with van der Waals surface area (Å²) in [6.07, 6.45) is 1.90. The van der Waals surface area contributed by atoms with Crippen LogP contribution in [0.4, 0.5) is 5.82 Å². The van der Waals surface area contributed by atoms with Crippen LogP contribution in [-0.4, -0.2) is 11.5 Å². The first-order valence-electron chi connectivity index (χ1n) is 3.32. The molecule has 0 fully saturated rings. The molecule has 1 aliphatic heterocycles. The van der Waals surface area contributed by atoms with E-state index in [0.717, 1.165) is 31.0 Å². The van der Waals surface area contributed by atoms with E-state index in [4.69, 9.17) is 4.42 Å². The lowest BCUT2D eigenvalue weighted by molar-refractivity contribution is 0.462. The lowest BCUT2D eigenvalue weighted by Crippen LogP contribution is -2.10. The van der Waals surface area contributed by atoms with E-state index in [0.29, 0.717) is 0 Å². The Hall–Kier alpha value is -1.19. The number of nitrogens with one attached hydrogen (secondary N) is 2. The van der Waals surface area contributed by atoms with Gasteiger partial charge in [0.15, 0.2) is 0 Å². The third kappa shape index (κ3) is 0.725. The molecule has 0 amide bonds. The second kappa shape index (κ2) is 1.90. The molecule has 10 heavy (non-hydrogen) atoms. The van der Waals surface area contributed by atoms with E-state index in [2.05, 4.69) is 10.3 Å². The molecule has 1 aromatic heterocycles. The highest BCUT2D eigenvalue weighted by Crippen LogP contribution is 2.16. The molecule has 0 saturated heterocycles. The second-order valence-electron chi connectivity index (χ2n) is 2.34. The maximum absolute atomic E-state index is 10.6. The van der Waals surface area contributed by atoms with Crippen LogP contribution in [0, 0.1) is 0 Å². The summed E-state index contributed by atoms with van der Waals surface area (Å²) in [4.78, 5) is 13.2. The molecular weight excluding hydrogens is 132 g/mol. The van der Waals surface area contributed by atoms with E-state index in [1.165, 1.54) is 0 Å². The molecule has 0 unspecified atom stereocenters. The smallest absolute Gasteiger partial charge is 0.411 e. The summed E-state index contributed by atoms with van der Waals surface area (Å²) in [5.41, 5.74) is 0. The van der Waals surface area contributed by atoms with Gasteiger partial charge in [-0.05, 0) is 6.42 Å². The van der Waals surface area contributed by atoms with Crippen LogP contribution in [-0.2, 0) is 6.42 Å². The molecule has 4 nitrogen and oxygen atoms in total. The Balaban J connectivity index is 2.50. The molecule has 54 valence electrons. The Kier molecular flexibility index (Phi) is 1.06. The van der Waals surface area contributed by atoms with Gasteiger partial charge in [-0.2, -0.15) is 0 Å². The second-order valence-corrected chi connectivity index (χ2v) is 2.34. The van der Waals surface area contributed by atoms with Crippen LogP contribution < -0.4 is 11.1 Å². The molecule has 4 heteroatoms. The van der Waals surface area contributed by atoms with E-state index < -0.39 is 0 Å². The van der Waals surface area contributed by atoms with Gasteiger partial charge in [0.2, 0.25) is 0 Å². The predicted octanol–water partition coefficient (Wildman–Crippen LogP) is 0.326. The molecule has 0 saturated carbocycles. The van der Waals surface area contributed by atoms with Crippen molar-refractivity contribution in [2.24, 2.45) is 0 Å². The van der Waals surface area contributed by atoms with Gasteiger partial charge in [-0.1, -0.05) is 0 Å². The van der Waals surface area contributed by atoms with Crippen molar-refractivity contribution >= 4 is 5.82 Å². The molecule has 2 rings (SSSR count). The molecule has 0 aromatic carbocycles. The van der Waals surface area contributed by atoms with Gasteiger partial charge in [-0.3, -0.25) is 4.98 Å². The topological polar surface area (TPSA) is 58.0 Å². The maximum Gasteiger partial charge on any atom is 0.418 e. The predicted molar refractivity (Wildman–Crippen MR) is 36.1 cm³/mol. The van der Waals surface area contributed by atoms with Crippen LogP contribution in [0.2, 0.25) is 0 Å². The molecule has 0 atom stereocenters. The number of rotatable bonds is 0. The van der Waals surface area contributed by atoms with E-state index in [-0.39, 0.29) is 5.76 Å². The Labute approximate surface area is 57.2 Å². The molecule has 1 aliphatic rings. The van der Waals surface area contributed by atoms with Crippen molar-refractivity contribution in [2.75, 3.05) is 11.9 Å². The average molecular weight is 140 g/mol. The summed E-state index contributed by atoms with van der Waals surface area (Å²) in [5.74, 6) is 1.16. The van der Waals surface area contributed by atoms with Crippen molar-refractivity contribution in [3.8, 4) is 0 Å². The van der Waals surface area contributed by atoms with Gasteiger partial charge >= 0.3 is 5.76 Å². The minimum absolute atomic E-state index is 0.362. The van der Waals surface area contributed by atoms with Crippen molar-refractivity contribution < 1.29 is 4.42 Å². The van der Waals surface area contributed by atoms with Gasteiger partial charge < -0.3 is 9.73 Å². The van der Waals surface area contributed by atoms with Crippen LogP contribution in [0.15, 0.2) is 9.21 Å². The van der Waals surface area contributed by atoms with Crippen molar-refractivity contribution in [3.63, 3.8) is 0 Å². The number of fused-ring (bicyclic) bond motifs is 1. The van der Waals surface area contributed by atoms with Gasteiger partial charge in [-0.15, -0.1) is 0 Å². The summed E-state index contributed by atoms with van der Waals surface area (Å²) in [5, 5.41) is 3.03. The first-order valence-corrected chi connectivity index (χ1v) is 3.32. The van der Waals surface area contributed by atoms with Crippen molar-refractivity contribution in [2.45, 2.75) is 12.8 Å². The van der Waals surface area contributed by atoms with Crippen LogP contribution in [0.25, 0.3) is 0 Å². The number of H-pyrrole nitrogens is 1. The zero-order valence-corrected chi connectivity index (χ0v) is 5.44. The Morgan fingerprint density at radius 1 is 1.50 bits per heavy atom. The number of aromatic amines is 1. The number of hydrogen-bond donors (Lipinski definition) is 2. The monoisotopic (exact) mass is 140 g/mol. The fourth-order valence-electron chi connectivity index (χ4n) is 1.14. The van der Waals surface area contributed by atoms with Crippen LogP contribution in [0.3, 0.4) is 0 Å². The summed E-state index contributed by atoms with van der Waals surface area (Å²) in [6.45, 7) is 0.919. The third-order valence-corrected chi connectivity index (χ3v) is 1.60. The number of aromatic nitrogens is 1. The van der Waals surface area contributed by atoms with Gasteiger partial charge in [0.05, 0.1) is 0 Å². The Morgan fingerprint density at radius 3 is 3.20 bits per heavy atom. The molecule has 0 spiro atoms. The summed E-state index contributed by atoms with van der Waals surface area (Å²) < 4.78 is 4.83. The number of oxazole rings is 1. The standard InChI is InChI=1S/C6H8N2O2/c9-6-8-5-4(10-6)2-1-3-7-5/h7H,1-3H2,(H,8,9). The molecule has 0 bridgehead atoms. The van der Waals surface area contributed by atoms with Gasteiger partial charge in [0.1, 0.15) is 11.6 Å². The van der Waals surface area contributed by atoms with Crippen LogP contribution >= 0.6 is 0 Å². The van der Waals surface area contributed by atoms with E-state index in [1.807, 2.05) is 0 Å². The van der Waals surface area contributed by atoms with Gasteiger partial charge in [0.25, 0.3) is 0 Å². The fourth-order valence-corrected chi connectivity index (χ4v) is 1.14. The molecule has 2 heterocycles. The molecule has 1 aromatic rings. The fraction of sp³-hybridized carbons (Fsp3) is 0.500. The molecular formula is C6H8N2O2. The van der Waals surface area contributed by atoms with Gasteiger partial charge in [0, 0.05) is 13.0 Å². The first kappa shape index (κ1) is 5.58. The summed E-state index contributed by atoms with van der Waals surface area (Å²) >= 11 is 0. The lowest BCUT2D eigenvalue weighted by Gasteiger charge is -2.09. The summed E-state index contributed by atoms with van der Waals surface area (Å²) in [7, 11) is 0. The summed E-state index contributed by atoms with van der Waals surface area (Å²) in [6, 6.07) is 0. The molecule has 0 radical (unpaired) electrons. The van der Waals surface area contributed by atoms with E-state index in [9.17, 15) is 4.79 Å². The SMILES string of the molecule is O=c1[nH]c2c(o1)CCCN2. The Bertz CT molecular complexity index is 260.